The molecule has 0 saturated heterocycles. The third-order valence-electron chi connectivity index (χ3n) is 4.15. The average Bonchev–Trinajstić information content (AvgIpc) is 2.24. The highest BCUT2D eigenvalue weighted by Gasteiger charge is 2.37. The van der Waals surface area contributed by atoms with Crippen molar-refractivity contribution in [2.45, 2.75) is 78.2 Å². The second kappa shape index (κ2) is 7.54. The predicted molar refractivity (Wildman–Crippen MR) is 96.5 cm³/mol. The van der Waals surface area contributed by atoms with Crippen molar-refractivity contribution in [2.75, 3.05) is 13.2 Å². The monoisotopic (exact) mass is 319 g/mol. The van der Waals surface area contributed by atoms with Gasteiger partial charge in [-0.05, 0) is 31.6 Å². The van der Waals surface area contributed by atoms with Gasteiger partial charge in [0.15, 0.2) is 8.32 Å². The molecule has 5 heteroatoms. The molecule has 0 amide bonds. The van der Waals surface area contributed by atoms with E-state index < -0.39 is 24.8 Å². The quantitative estimate of drug-likeness (QED) is 0.556. The maximum atomic E-state index is 6.25. The van der Waals surface area contributed by atoms with Gasteiger partial charge in [0, 0.05) is 6.61 Å². The Kier molecular flexibility index (Phi) is 7.77. The molecular weight excluding hydrogens is 282 g/mol. The Morgan fingerprint density at radius 3 is 1.47 bits per heavy atom. The normalized spacial score (nSPS) is 14.2. The molecule has 0 fully saturated rings. The van der Waals surface area contributed by atoms with Crippen molar-refractivity contribution in [3.63, 3.8) is 0 Å². The van der Waals surface area contributed by atoms with Gasteiger partial charge in [-0.15, -0.1) is 0 Å². The van der Waals surface area contributed by atoms with Crippen LogP contribution in [0.25, 0.3) is 0 Å². The lowest BCUT2D eigenvalue weighted by atomic mass is 10.8. The molecule has 2 nitrogen and oxygen atoms in total. The topological polar surface area (TPSA) is 12.5 Å². The lowest BCUT2D eigenvalue weighted by Crippen LogP contribution is -2.60. The van der Waals surface area contributed by atoms with Crippen molar-refractivity contribution >= 4 is 24.8 Å². The Morgan fingerprint density at radius 2 is 1.21 bits per heavy atom. The molecule has 0 spiro atoms. The van der Waals surface area contributed by atoms with Gasteiger partial charge in [-0.3, -0.25) is 0 Å². The molecular formula is C14H37NOSi3. The summed E-state index contributed by atoms with van der Waals surface area (Å²) in [4.78, 5) is 0. The van der Waals surface area contributed by atoms with Gasteiger partial charge in [0.05, 0.1) is 0 Å². The van der Waals surface area contributed by atoms with Gasteiger partial charge in [-0.2, -0.15) is 0 Å². The minimum absolute atomic E-state index is 0.897. The summed E-state index contributed by atoms with van der Waals surface area (Å²) in [5.74, 6) is 0. The summed E-state index contributed by atoms with van der Waals surface area (Å²) in [6.07, 6.45) is 0. The average molecular weight is 320 g/mol. The molecule has 0 aliphatic rings. The fraction of sp³-hybridized carbons (Fsp3) is 1.00. The van der Waals surface area contributed by atoms with Crippen LogP contribution in [0.5, 0.6) is 0 Å². The molecule has 19 heavy (non-hydrogen) atoms. The summed E-state index contributed by atoms with van der Waals surface area (Å²) in [5.41, 5.74) is 0. The zero-order chi connectivity index (χ0) is 15.3. The molecule has 0 N–H and O–H groups in total. The summed E-state index contributed by atoms with van der Waals surface area (Å²) in [7, 11) is -3.88. The zero-order valence-electron chi connectivity index (χ0n) is 14.9. The van der Waals surface area contributed by atoms with E-state index in [0.717, 1.165) is 6.61 Å². The first-order valence-corrected chi connectivity index (χ1v) is 17.4. The molecule has 0 heterocycles. The highest BCUT2D eigenvalue weighted by atomic mass is 28.4. The Labute approximate surface area is 125 Å². The van der Waals surface area contributed by atoms with Crippen LogP contribution in [0, 0.1) is 0 Å². The minimum Gasteiger partial charge on any atom is -0.417 e. The van der Waals surface area contributed by atoms with Crippen LogP contribution in [-0.4, -0.2) is 42.2 Å². The Balaban J connectivity index is 4.88. The summed E-state index contributed by atoms with van der Waals surface area (Å²) < 4.78 is 9.16. The molecule has 0 aliphatic carbocycles. The van der Waals surface area contributed by atoms with E-state index in [1.807, 2.05) is 0 Å². The van der Waals surface area contributed by atoms with Crippen molar-refractivity contribution in [3.8, 4) is 0 Å². The molecule has 0 aromatic heterocycles. The molecule has 0 atom stereocenters. The van der Waals surface area contributed by atoms with E-state index in [2.05, 4.69) is 64.3 Å². The van der Waals surface area contributed by atoms with Crippen molar-refractivity contribution in [2.24, 2.45) is 0 Å². The van der Waals surface area contributed by atoms with Crippen molar-refractivity contribution in [1.29, 1.82) is 0 Å². The Hall–Kier alpha value is 0.571. The third kappa shape index (κ3) is 6.25. The molecule has 116 valence electrons. The fourth-order valence-electron chi connectivity index (χ4n) is 3.18. The van der Waals surface area contributed by atoms with Gasteiger partial charge in [-0.25, -0.2) is 0 Å². The largest absolute Gasteiger partial charge is 0.417 e. The van der Waals surface area contributed by atoms with E-state index >= 15 is 0 Å². The zero-order valence-corrected chi connectivity index (χ0v) is 17.9. The van der Waals surface area contributed by atoms with Gasteiger partial charge < -0.3 is 8.66 Å². The highest BCUT2D eigenvalue weighted by Crippen LogP contribution is 2.26. The lowest BCUT2D eigenvalue weighted by Gasteiger charge is -2.45. The molecule has 0 aromatic rings. The predicted octanol–water partition coefficient (Wildman–Crippen LogP) is 4.98. The van der Waals surface area contributed by atoms with Crippen LogP contribution in [0.1, 0.15) is 20.8 Å². The minimum atomic E-state index is -1.46. The van der Waals surface area contributed by atoms with Gasteiger partial charge in [-0.1, -0.05) is 53.1 Å². The summed E-state index contributed by atoms with van der Waals surface area (Å²) >= 11 is 0. The third-order valence-corrected chi connectivity index (χ3v) is 16.5. The standard InChI is InChI=1S/C14H37NOSi3/c1-10-16-19(11-2,12-3)14-13-15(17(4,5)6)18(7,8)9/h10-14H2,1-9H3. The van der Waals surface area contributed by atoms with Crippen LogP contribution in [0.2, 0.25) is 57.4 Å². The van der Waals surface area contributed by atoms with Crippen LogP contribution in [0.3, 0.4) is 0 Å². The molecule has 0 rings (SSSR count). The van der Waals surface area contributed by atoms with E-state index in [4.69, 9.17) is 4.43 Å². The van der Waals surface area contributed by atoms with Crippen molar-refractivity contribution in [1.82, 2.24) is 4.23 Å². The SMILES string of the molecule is CCO[Si](CC)(CC)CCN([Si](C)(C)C)[Si](C)(C)C. The first-order valence-electron chi connectivity index (χ1n) is 7.94. The number of hydrogen-bond acceptors (Lipinski definition) is 2. The van der Waals surface area contributed by atoms with E-state index in [1.165, 1.54) is 24.7 Å². The van der Waals surface area contributed by atoms with Crippen LogP contribution >= 0.6 is 0 Å². The van der Waals surface area contributed by atoms with Crippen LogP contribution in [0.4, 0.5) is 0 Å². The van der Waals surface area contributed by atoms with E-state index in [9.17, 15) is 0 Å². The second-order valence-corrected chi connectivity index (χ2v) is 22.3. The maximum absolute atomic E-state index is 6.25. The van der Waals surface area contributed by atoms with Crippen LogP contribution in [-0.2, 0) is 4.43 Å². The van der Waals surface area contributed by atoms with Gasteiger partial charge in [0.2, 0.25) is 0 Å². The lowest BCUT2D eigenvalue weighted by molar-refractivity contribution is 0.318. The molecule has 0 aliphatic heterocycles. The van der Waals surface area contributed by atoms with E-state index in [0.29, 0.717) is 0 Å². The summed E-state index contributed by atoms with van der Waals surface area (Å²) in [5, 5.41) is 0. The Bertz CT molecular complexity index is 240. The van der Waals surface area contributed by atoms with Crippen LogP contribution < -0.4 is 0 Å². The maximum Gasteiger partial charge on any atom is 0.193 e. The fourth-order valence-corrected chi connectivity index (χ4v) is 16.2. The number of hydrogen-bond donors (Lipinski definition) is 0. The van der Waals surface area contributed by atoms with Gasteiger partial charge >= 0.3 is 0 Å². The highest BCUT2D eigenvalue weighted by molar-refractivity contribution is 6.89. The van der Waals surface area contributed by atoms with E-state index in [-0.39, 0.29) is 0 Å². The first kappa shape index (κ1) is 19.6. The summed E-state index contributed by atoms with van der Waals surface area (Å²) in [6, 6.07) is 3.85. The van der Waals surface area contributed by atoms with E-state index in [1.54, 1.807) is 0 Å². The van der Waals surface area contributed by atoms with Gasteiger partial charge in [0.1, 0.15) is 16.5 Å². The first-order chi connectivity index (χ1) is 8.52. The number of rotatable bonds is 9. The summed E-state index contributed by atoms with van der Waals surface area (Å²) in [6.45, 7) is 24.0. The second-order valence-electron chi connectivity index (χ2n) is 7.57. The van der Waals surface area contributed by atoms with Crippen molar-refractivity contribution in [3.05, 3.63) is 0 Å². The molecule has 0 aromatic carbocycles. The molecule has 0 bridgehead atoms. The Morgan fingerprint density at radius 1 is 0.789 bits per heavy atom. The molecule has 0 saturated carbocycles. The number of nitrogens with zero attached hydrogens (tertiary/aromatic N) is 1. The molecule has 0 unspecified atom stereocenters. The van der Waals surface area contributed by atoms with Crippen LogP contribution in [0.15, 0.2) is 0 Å². The van der Waals surface area contributed by atoms with Gasteiger partial charge in [0.25, 0.3) is 0 Å². The van der Waals surface area contributed by atoms with Crippen molar-refractivity contribution < 1.29 is 4.43 Å². The molecule has 0 radical (unpaired) electrons. The smallest absolute Gasteiger partial charge is 0.193 e.